The summed E-state index contributed by atoms with van der Waals surface area (Å²) in [5.74, 6) is -2.13. The van der Waals surface area contributed by atoms with E-state index in [-0.39, 0.29) is 19.6 Å². The van der Waals surface area contributed by atoms with Crippen molar-refractivity contribution in [1.29, 1.82) is 0 Å². The quantitative estimate of drug-likeness (QED) is 0.0523. The molecule has 0 heterocycles. The lowest BCUT2D eigenvalue weighted by Crippen LogP contribution is -2.34. The molecular formula is C25H41Cl3O6. The molecule has 0 N–H and O–H groups in total. The van der Waals surface area contributed by atoms with Crippen LogP contribution in [0.5, 0.6) is 0 Å². The molecule has 0 amide bonds. The van der Waals surface area contributed by atoms with Crippen LogP contribution in [0.4, 0.5) is 0 Å². The fourth-order valence-electron chi connectivity index (χ4n) is 3.14. The number of ether oxygens (including phenoxy) is 3. The summed E-state index contributed by atoms with van der Waals surface area (Å²) in [5.41, 5.74) is 0. The van der Waals surface area contributed by atoms with Gasteiger partial charge in [0, 0.05) is 13.3 Å². The van der Waals surface area contributed by atoms with Gasteiger partial charge in [-0.05, 0) is 32.1 Å². The number of esters is 3. The Hall–Kier alpha value is -0.980. The third-order valence-corrected chi connectivity index (χ3v) is 5.51. The van der Waals surface area contributed by atoms with Gasteiger partial charge in [-0.2, -0.15) is 0 Å². The summed E-state index contributed by atoms with van der Waals surface area (Å²) in [6, 6.07) is 0. The third kappa shape index (κ3) is 21.5. The van der Waals surface area contributed by atoms with Gasteiger partial charge >= 0.3 is 17.9 Å². The highest BCUT2D eigenvalue weighted by Crippen LogP contribution is 2.28. The average Bonchev–Trinajstić information content (AvgIpc) is 2.77. The topological polar surface area (TPSA) is 78.9 Å². The minimum Gasteiger partial charge on any atom is -0.462 e. The first-order valence-corrected chi connectivity index (χ1v) is 13.5. The van der Waals surface area contributed by atoms with Crippen LogP contribution < -0.4 is 0 Å². The summed E-state index contributed by atoms with van der Waals surface area (Å²) in [4.78, 5) is 34.6. The van der Waals surface area contributed by atoms with Gasteiger partial charge in [0.1, 0.15) is 13.2 Å². The van der Waals surface area contributed by atoms with Crippen LogP contribution in [0.25, 0.3) is 0 Å². The van der Waals surface area contributed by atoms with Gasteiger partial charge in [-0.25, -0.2) is 4.79 Å². The molecule has 6 nitrogen and oxygen atoms in total. The summed E-state index contributed by atoms with van der Waals surface area (Å²) < 4.78 is 12.6. The Kier molecular flexibility index (Phi) is 20.7. The Labute approximate surface area is 220 Å². The highest BCUT2D eigenvalue weighted by molar-refractivity contribution is 6.75. The smallest absolute Gasteiger partial charge is 0.359 e. The Balaban J connectivity index is 3.82. The maximum absolute atomic E-state index is 11.9. The molecule has 0 aliphatic rings. The van der Waals surface area contributed by atoms with Gasteiger partial charge in [0.25, 0.3) is 3.79 Å². The van der Waals surface area contributed by atoms with Gasteiger partial charge in [-0.1, -0.05) is 105 Å². The van der Waals surface area contributed by atoms with Crippen LogP contribution in [0.15, 0.2) is 12.2 Å². The summed E-state index contributed by atoms with van der Waals surface area (Å²) in [7, 11) is 0. The van der Waals surface area contributed by atoms with Gasteiger partial charge in [-0.3, -0.25) is 9.59 Å². The molecule has 0 saturated carbocycles. The molecule has 198 valence electrons. The zero-order chi connectivity index (χ0) is 25.7. The maximum Gasteiger partial charge on any atom is 0.359 e. The zero-order valence-corrected chi connectivity index (χ0v) is 22.9. The molecule has 0 aliphatic heterocycles. The van der Waals surface area contributed by atoms with E-state index in [1.807, 2.05) is 0 Å². The van der Waals surface area contributed by atoms with Crippen molar-refractivity contribution in [3.8, 4) is 0 Å². The molecule has 0 saturated heterocycles. The number of allylic oxidation sites excluding steroid dienone is 2. The van der Waals surface area contributed by atoms with Crippen LogP contribution in [0.2, 0.25) is 0 Å². The minimum atomic E-state index is -2.28. The van der Waals surface area contributed by atoms with Gasteiger partial charge in [0.05, 0.1) is 0 Å². The van der Waals surface area contributed by atoms with E-state index >= 15 is 0 Å². The number of unbranched alkanes of at least 4 members (excludes halogenated alkanes) is 11. The second kappa shape index (κ2) is 21.3. The second-order valence-electron chi connectivity index (χ2n) is 8.34. The molecule has 0 radical (unpaired) electrons. The Morgan fingerprint density at radius 3 is 1.79 bits per heavy atom. The van der Waals surface area contributed by atoms with E-state index in [4.69, 9.17) is 49.0 Å². The van der Waals surface area contributed by atoms with E-state index in [0.29, 0.717) is 0 Å². The minimum absolute atomic E-state index is 0.261. The largest absolute Gasteiger partial charge is 0.462 e. The van der Waals surface area contributed by atoms with E-state index in [1.165, 1.54) is 51.9 Å². The summed E-state index contributed by atoms with van der Waals surface area (Å²) >= 11 is 16.4. The van der Waals surface area contributed by atoms with Crippen molar-refractivity contribution in [2.24, 2.45) is 0 Å². The van der Waals surface area contributed by atoms with Crippen molar-refractivity contribution in [3.63, 3.8) is 0 Å². The van der Waals surface area contributed by atoms with Crippen molar-refractivity contribution in [1.82, 2.24) is 0 Å². The van der Waals surface area contributed by atoms with Crippen molar-refractivity contribution in [3.05, 3.63) is 12.2 Å². The monoisotopic (exact) mass is 542 g/mol. The second-order valence-corrected chi connectivity index (χ2v) is 10.6. The number of hydrogen-bond donors (Lipinski definition) is 0. The van der Waals surface area contributed by atoms with Gasteiger partial charge in [0.2, 0.25) is 0 Å². The first kappa shape index (κ1) is 33.0. The third-order valence-electron chi connectivity index (χ3n) is 5.05. The van der Waals surface area contributed by atoms with Gasteiger partial charge in [-0.15, -0.1) is 0 Å². The van der Waals surface area contributed by atoms with E-state index in [9.17, 15) is 14.4 Å². The lowest BCUT2D eigenvalue weighted by molar-refractivity contribution is -0.165. The fourth-order valence-corrected chi connectivity index (χ4v) is 3.28. The van der Waals surface area contributed by atoms with Gasteiger partial charge < -0.3 is 14.2 Å². The number of alkyl halides is 3. The van der Waals surface area contributed by atoms with Crippen molar-refractivity contribution in [2.75, 3.05) is 13.2 Å². The average molecular weight is 544 g/mol. The molecule has 1 atom stereocenters. The van der Waals surface area contributed by atoms with Gasteiger partial charge in [0.15, 0.2) is 6.10 Å². The molecule has 9 heteroatoms. The van der Waals surface area contributed by atoms with Crippen LogP contribution in [0.3, 0.4) is 0 Å². The number of hydrogen-bond acceptors (Lipinski definition) is 6. The van der Waals surface area contributed by atoms with Crippen LogP contribution in [0, 0.1) is 0 Å². The summed E-state index contributed by atoms with van der Waals surface area (Å²) in [5, 5.41) is 0. The van der Waals surface area contributed by atoms with Crippen LogP contribution in [0.1, 0.15) is 104 Å². The number of carbonyl (C=O) groups is 3. The van der Waals surface area contributed by atoms with Crippen LogP contribution >= 0.6 is 34.8 Å². The normalized spacial score (nSPS) is 12.5. The maximum atomic E-state index is 11.9. The molecule has 0 spiro atoms. The van der Waals surface area contributed by atoms with E-state index in [1.54, 1.807) is 0 Å². The Bertz CT molecular complexity index is 590. The van der Waals surface area contributed by atoms with Crippen LogP contribution in [-0.4, -0.2) is 41.0 Å². The number of halogens is 3. The molecule has 0 rings (SSSR count). The molecule has 0 bridgehead atoms. The standard InChI is InChI=1S/C25H41Cl3O6/c1-3-4-5-6-7-8-9-10-11-12-13-14-15-16-17-18-23(30)33-20-22(19-32-21(2)29)34-24(31)25(26,27)28/h10-11,22H,3-9,12-20H2,1-2H3/b11-10-/t22-/m0/s1. The van der Waals surface area contributed by atoms with Crippen molar-refractivity contribution < 1.29 is 28.6 Å². The molecular weight excluding hydrogens is 503 g/mol. The Morgan fingerprint density at radius 2 is 1.26 bits per heavy atom. The first-order valence-electron chi connectivity index (χ1n) is 12.4. The lowest BCUT2D eigenvalue weighted by Gasteiger charge is -2.19. The highest BCUT2D eigenvalue weighted by atomic mass is 35.6. The SMILES string of the molecule is CCCCCCCC/C=C\CCCCCCCC(=O)OC[C@H](COC(C)=O)OC(=O)C(Cl)(Cl)Cl. The number of rotatable bonds is 20. The molecule has 0 fully saturated rings. The van der Waals surface area contributed by atoms with E-state index < -0.39 is 27.8 Å². The van der Waals surface area contributed by atoms with Crippen LogP contribution in [-0.2, 0) is 28.6 Å². The summed E-state index contributed by atoms with van der Waals surface area (Å²) in [6.07, 6.45) is 19.1. The lowest BCUT2D eigenvalue weighted by atomic mass is 10.1. The molecule has 0 aliphatic carbocycles. The predicted molar refractivity (Wildman–Crippen MR) is 137 cm³/mol. The first-order chi connectivity index (χ1) is 16.2. The Morgan fingerprint density at radius 1 is 0.765 bits per heavy atom. The van der Waals surface area contributed by atoms with E-state index in [2.05, 4.69) is 19.1 Å². The zero-order valence-electron chi connectivity index (χ0n) is 20.6. The summed E-state index contributed by atoms with van der Waals surface area (Å²) in [6.45, 7) is 2.85. The molecule has 34 heavy (non-hydrogen) atoms. The van der Waals surface area contributed by atoms with Crippen molar-refractivity contribution >= 4 is 52.7 Å². The molecule has 0 aromatic carbocycles. The number of carbonyl (C=O) groups excluding carboxylic acids is 3. The molecule has 0 aromatic rings. The predicted octanol–water partition coefficient (Wildman–Crippen LogP) is 7.41. The van der Waals surface area contributed by atoms with Crippen molar-refractivity contribution in [2.45, 2.75) is 114 Å². The molecule has 0 unspecified atom stereocenters. The molecule has 0 aromatic heterocycles. The fraction of sp³-hybridized carbons (Fsp3) is 0.800. The highest BCUT2D eigenvalue weighted by Gasteiger charge is 2.35. The van der Waals surface area contributed by atoms with E-state index in [0.717, 1.165) is 38.5 Å².